The highest BCUT2D eigenvalue weighted by atomic mass is 16.5. The van der Waals surface area contributed by atoms with E-state index >= 15 is 0 Å². The van der Waals surface area contributed by atoms with Gasteiger partial charge in [-0.1, -0.05) is 6.92 Å². The van der Waals surface area contributed by atoms with Gasteiger partial charge in [-0.2, -0.15) is 0 Å². The van der Waals surface area contributed by atoms with Crippen LogP contribution in [0.2, 0.25) is 0 Å². The zero-order valence-electron chi connectivity index (χ0n) is 23.2. The number of ether oxygens (including phenoxy) is 2. The van der Waals surface area contributed by atoms with Gasteiger partial charge in [-0.05, 0) is 77.5 Å². The van der Waals surface area contributed by atoms with Gasteiger partial charge in [-0.25, -0.2) is 0 Å². The molecule has 3 rings (SSSR count). The van der Waals surface area contributed by atoms with Crippen molar-refractivity contribution in [2.24, 2.45) is 5.92 Å². The van der Waals surface area contributed by atoms with Crippen LogP contribution in [-0.4, -0.2) is 90.4 Å². The highest BCUT2D eigenvalue weighted by Gasteiger charge is 2.30. The van der Waals surface area contributed by atoms with Gasteiger partial charge >= 0.3 is 0 Å². The Morgan fingerprint density at radius 2 is 1.95 bits per heavy atom. The Morgan fingerprint density at radius 3 is 2.63 bits per heavy atom. The van der Waals surface area contributed by atoms with Crippen LogP contribution in [0.4, 0.5) is 5.69 Å². The second kappa shape index (κ2) is 14.2. The molecule has 0 radical (unpaired) electrons. The lowest BCUT2D eigenvalue weighted by Crippen LogP contribution is -2.47. The molecule has 2 heterocycles. The molecule has 0 saturated carbocycles. The normalized spacial score (nSPS) is 22.2. The molecule has 0 unspecified atom stereocenters. The number of fused-ring (bicyclic) bond motifs is 1. The van der Waals surface area contributed by atoms with Crippen LogP contribution in [0.3, 0.4) is 0 Å². The van der Waals surface area contributed by atoms with E-state index in [1.54, 1.807) is 47.6 Å². The number of pyridine rings is 1. The molecule has 1 aromatic carbocycles. The van der Waals surface area contributed by atoms with Gasteiger partial charge in [-0.15, -0.1) is 0 Å². The Balaban J connectivity index is 1.98. The molecular weight excluding hydrogens is 484 g/mol. The molecule has 2 aromatic rings. The number of hydrogen-bond donors (Lipinski definition) is 2. The zero-order chi connectivity index (χ0) is 27.7. The predicted octanol–water partition coefficient (Wildman–Crippen LogP) is 3.69. The third kappa shape index (κ3) is 8.24. The van der Waals surface area contributed by atoms with Crippen LogP contribution in [0, 0.1) is 5.92 Å². The third-order valence-electron chi connectivity index (χ3n) is 6.80. The van der Waals surface area contributed by atoms with Crippen LogP contribution in [-0.2, 0) is 4.74 Å². The van der Waals surface area contributed by atoms with Crippen LogP contribution in [0.25, 0.3) is 0 Å². The van der Waals surface area contributed by atoms with Gasteiger partial charge in [0.15, 0.2) is 0 Å². The molecule has 1 aliphatic rings. The van der Waals surface area contributed by atoms with Crippen LogP contribution < -0.4 is 10.1 Å². The van der Waals surface area contributed by atoms with Crippen LogP contribution >= 0.6 is 0 Å². The van der Waals surface area contributed by atoms with Crippen molar-refractivity contribution < 1.29 is 24.2 Å². The molecule has 0 spiro atoms. The number of hydrogen-bond acceptors (Lipinski definition) is 7. The van der Waals surface area contributed by atoms with Crippen molar-refractivity contribution in [2.45, 2.75) is 58.3 Å². The quantitative estimate of drug-likeness (QED) is 0.592. The molecular formula is C29H42N4O5. The number of aliphatic hydroxyl groups is 1. The van der Waals surface area contributed by atoms with Crippen molar-refractivity contribution in [2.75, 3.05) is 45.7 Å². The van der Waals surface area contributed by atoms with Crippen molar-refractivity contribution in [1.29, 1.82) is 0 Å². The minimum atomic E-state index is -0.418. The summed E-state index contributed by atoms with van der Waals surface area (Å²) in [5.74, 6) is -0.0735. The molecule has 208 valence electrons. The summed E-state index contributed by atoms with van der Waals surface area (Å²) in [5.41, 5.74) is 1.29. The fourth-order valence-corrected chi connectivity index (χ4v) is 4.53. The first-order valence-corrected chi connectivity index (χ1v) is 13.4. The SMILES string of the molecule is C[C@@H]1CCCCO[C@H](CN(C)C)[C@@H](C)CN([C@@H](C)CO)C(=O)c2cc(NC(=O)c3ccncc3)ccc2O1. The molecule has 0 saturated heterocycles. The van der Waals surface area contributed by atoms with Crippen molar-refractivity contribution >= 4 is 17.5 Å². The van der Waals surface area contributed by atoms with E-state index in [9.17, 15) is 14.7 Å². The highest BCUT2D eigenvalue weighted by Crippen LogP contribution is 2.28. The molecule has 2 amide bonds. The molecule has 0 fully saturated rings. The van der Waals surface area contributed by atoms with E-state index < -0.39 is 6.04 Å². The van der Waals surface area contributed by atoms with Crippen molar-refractivity contribution in [1.82, 2.24) is 14.8 Å². The molecule has 38 heavy (non-hydrogen) atoms. The number of carbonyl (C=O) groups excluding carboxylic acids is 2. The number of likely N-dealkylation sites (N-methyl/N-ethyl adjacent to an activating group) is 1. The van der Waals surface area contributed by atoms with E-state index in [2.05, 4.69) is 22.1 Å². The maximum atomic E-state index is 14.1. The number of aromatic nitrogens is 1. The summed E-state index contributed by atoms with van der Waals surface area (Å²) in [6, 6.07) is 7.97. The third-order valence-corrected chi connectivity index (χ3v) is 6.80. The number of anilines is 1. The average molecular weight is 527 g/mol. The van der Waals surface area contributed by atoms with E-state index in [-0.39, 0.29) is 36.5 Å². The van der Waals surface area contributed by atoms with Gasteiger partial charge in [0, 0.05) is 49.3 Å². The summed E-state index contributed by atoms with van der Waals surface area (Å²) < 4.78 is 12.5. The van der Waals surface area contributed by atoms with Gasteiger partial charge in [-0.3, -0.25) is 14.6 Å². The number of rotatable bonds is 6. The fraction of sp³-hybridized carbons (Fsp3) is 0.552. The first kappa shape index (κ1) is 29.5. The fourth-order valence-electron chi connectivity index (χ4n) is 4.53. The van der Waals surface area contributed by atoms with E-state index in [0.29, 0.717) is 35.7 Å². The van der Waals surface area contributed by atoms with Crippen LogP contribution in [0.15, 0.2) is 42.7 Å². The van der Waals surface area contributed by atoms with Crippen molar-refractivity contribution in [3.05, 3.63) is 53.9 Å². The average Bonchev–Trinajstić information content (AvgIpc) is 2.90. The summed E-state index contributed by atoms with van der Waals surface area (Å²) in [6.45, 7) is 7.51. The Labute approximate surface area is 226 Å². The maximum Gasteiger partial charge on any atom is 0.258 e. The number of benzene rings is 1. The van der Waals surface area contributed by atoms with Crippen molar-refractivity contribution in [3.63, 3.8) is 0 Å². The lowest BCUT2D eigenvalue weighted by Gasteiger charge is -2.35. The number of nitrogens with zero attached hydrogens (tertiary/aromatic N) is 3. The first-order valence-electron chi connectivity index (χ1n) is 13.4. The summed E-state index contributed by atoms with van der Waals surface area (Å²) >= 11 is 0. The van der Waals surface area contributed by atoms with Crippen LogP contribution in [0.5, 0.6) is 5.75 Å². The van der Waals surface area contributed by atoms with E-state index in [4.69, 9.17) is 9.47 Å². The smallest absolute Gasteiger partial charge is 0.258 e. The van der Waals surface area contributed by atoms with Gasteiger partial charge < -0.3 is 29.7 Å². The minimum absolute atomic E-state index is 0.0242. The number of aliphatic hydroxyl groups excluding tert-OH is 1. The Kier molecular flexibility index (Phi) is 11.1. The maximum absolute atomic E-state index is 14.1. The Morgan fingerprint density at radius 1 is 1.21 bits per heavy atom. The first-order chi connectivity index (χ1) is 18.2. The van der Waals surface area contributed by atoms with Gasteiger partial charge in [0.25, 0.3) is 11.8 Å². The summed E-state index contributed by atoms with van der Waals surface area (Å²) in [5, 5.41) is 12.9. The second-order valence-corrected chi connectivity index (χ2v) is 10.5. The number of carbonyl (C=O) groups is 2. The van der Waals surface area contributed by atoms with Gasteiger partial charge in [0.2, 0.25) is 0 Å². The molecule has 0 bridgehead atoms. The number of nitrogens with one attached hydrogen (secondary N) is 1. The molecule has 1 aromatic heterocycles. The highest BCUT2D eigenvalue weighted by molar-refractivity contribution is 6.05. The monoisotopic (exact) mass is 526 g/mol. The minimum Gasteiger partial charge on any atom is -0.490 e. The molecule has 2 N–H and O–H groups in total. The van der Waals surface area contributed by atoms with Gasteiger partial charge in [0.1, 0.15) is 5.75 Å². The summed E-state index contributed by atoms with van der Waals surface area (Å²) in [6.07, 6.45) is 5.63. The van der Waals surface area contributed by atoms with E-state index in [0.717, 1.165) is 25.8 Å². The molecule has 4 atom stereocenters. The number of amides is 2. The van der Waals surface area contributed by atoms with E-state index in [1.165, 1.54) is 0 Å². The van der Waals surface area contributed by atoms with E-state index in [1.807, 2.05) is 27.9 Å². The Hall–Kier alpha value is -3.01. The topological polar surface area (TPSA) is 104 Å². The van der Waals surface area contributed by atoms with Gasteiger partial charge in [0.05, 0.1) is 30.4 Å². The van der Waals surface area contributed by atoms with Crippen LogP contribution in [0.1, 0.15) is 60.7 Å². The molecule has 0 aliphatic carbocycles. The molecule has 1 aliphatic heterocycles. The molecule has 9 nitrogen and oxygen atoms in total. The second-order valence-electron chi connectivity index (χ2n) is 10.5. The lowest BCUT2D eigenvalue weighted by atomic mass is 10.0. The standard InChI is InChI=1S/C29H42N4O5/c1-20-17-33(21(2)19-34)29(36)25-16-24(31-28(35)23-11-13-30-14-12-23)9-10-26(25)38-22(3)8-6-7-15-37-27(20)18-32(4)5/h9-14,16,20-22,27,34H,6-8,15,17-19H2,1-5H3,(H,31,35)/t20-,21-,22+,27+/m0/s1. The predicted molar refractivity (Wildman–Crippen MR) is 148 cm³/mol. The Bertz CT molecular complexity index is 1050. The zero-order valence-corrected chi connectivity index (χ0v) is 23.2. The summed E-state index contributed by atoms with van der Waals surface area (Å²) in [4.78, 5) is 34.6. The summed E-state index contributed by atoms with van der Waals surface area (Å²) in [7, 11) is 4.02. The molecule has 9 heteroatoms. The largest absolute Gasteiger partial charge is 0.490 e. The van der Waals surface area contributed by atoms with Crippen molar-refractivity contribution in [3.8, 4) is 5.75 Å². The lowest BCUT2D eigenvalue weighted by molar-refractivity contribution is -0.0137.